The van der Waals surface area contributed by atoms with Gasteiger partial charge in [0.1, 0.15) is 6.61 Å². The molecule has 3 rings (SSSR count). The van der Waals surface area contributed by atoms with Crippen molar-refractivity contribution in [3.63, 3.8) is 0 Å². The minimum atomic E-state index is -4.94. The van der Waals surface area contributed by atoms with Crippen molar-refractivity contribution in [3.05, 3.63) is 59.7 Å². The molecule has 2 atom stereocenters. The lowest BCUT2D eigenvalue weighted by molar-refractivity contribution is -0.181. The molecule has 176 valence electrons. The SMILES string of the molecule is CC(CC(=O)O)NC(=O)C(CNC(=O)OCC1c2ccccc2-c2ccccc21)C(F)(F)F. The highest BCUT2D eigenvalue weighted by Gasteiger charge is 2.45. The van der Waals surface area contributed by atoms with Gasteiger partial charge in [-0.05, 0) is 29.2 Å². The van der Waals surface area contributed by atoms with Crippen LogP contribution in [0.2, 0.25) is 0 Å². The molecule has 7 nitrogen and oxygen atoms in total. The third-order valence-corrected chi connectivity index (χ3v) is 5.38. The van der Waals surface area contributed by atoms with Crippen LogP contribution in [0.4, 0.5) is 18.0 Å². The molecule has 0 aromatic heterocycles. The number of carbonyl (C=O) groups is 3. The minimum absolute atomic E-state index is 0.0849. The van der Waals surface area contributed by atoms with Crippen LogP contribution in [-0.4, -0.2) is 48.4 Å². The smallest absolute Gasteiger partial charge is 0.407 e. The van der Waals surface area contributed by atoms with Gasteiger partial charge in [-0.25, -0.2) is 4.79 Å². The fraction of sp³-hybridized carbons (Fsp3) is 0.348. The first-order valence-electron chi connectivity index (χ1n) is 10.3. The van der Waals surface area contributed by atoms with E-state index in [1.54, 1.807) is 0 Å². The Balaban J connectivity index is 1.60. The molecule has 1 aliphatic carbocycles. The van der Waals surface area contributed by atoms with Crippen LogP contribution < -0.4 is 10.6 Å². The molecule has 2 unspecified atom stereocenters. The van der Waals surface area contributed by atoms with Gasteiger partial charge in [0.2, 0.25) is 5.91 Å². The first-order chi connectivity index (χ1) is 15.6. The van der Waals surface area contributed by atoms with E-state index in [0.717, 1.165) is 22.3 Å². The van der Waals surface area contributed by atoms with Gasteiger partial charge >= 0.3 is 18.2 Å². The summed E-state index contributed by atoms with van der Waals surface area (Å²) >= 11 is 0. The molecular formula is C23H23F3N2O5. The molecule has 10 heteroatoms. The number of rotatable bonds is 8. The van der Waals surface area contributed by atoms with E-state index in [2.05, 4.69) is 0 Å². The second-order valence-corrected chi connectivity index (χ2v) is 7.81. The second-order valence-electron chi connectivity index (χ2n) is 7.81. The molecule has 0 bridgehead atoms. The lowest BCUT2D eigenvalue weighted by Gasteiger charge is -2.22. The number of fused-ring (bicyclic) bond motifs is 3. The largest absolute Gasteiger partial charge is 0.481 e. The monoisotopic (exact) mass is 464 g/mol. The van der Waals surface area contributed by atoms with Crippen LogP contribution in [0.1, 0.15) is 30.4 Å². The van der Waals surface area contributed by atoms with Crippen molar-refractivity contribution in [3.8, 4) is 11.1 Å². The Kier molecular flexibility index (Phi) is 7.25. The molecule has 0 fully saturated rings. The molecule has 1 aliphatic rings. The van der Waals surface area contributed by atoms with Crippen LogP contribution in [0.3, 0.4) is 0 Å². The average molecular weight is 464 g/mol. The maximum atomic E-state index is 13.3. The van der Waals surface area contributed by atoms with E-state index in [-0.39, 0.29) is 12.5 Å². The van der Waals surface area contributed by atoms with E-state index < -0.39 is 49.1 Å². The number of alkyl carbamates (subject to hydrolysis) is 1. The van der Waals surface area contributed by atoms with Crippen molar-refractivity contribution in [2.75, 3.05) is 13.2 Å². The number of nitrogens with one attached hydrogen (secondary N) is 2. The van der Waals surface area contributed by atoms with Crippen molar-refractivity contribution < 1.29 is 37.4 Å². The predicted octanol–water partition coefficient (Wildman–Crippen LogP) is 3.68. The molecule has 0 saturated carbocycles. The van der Waals surface area contributed by atoms with E-state index in [9.17, 15) is 27.6 Å². The fourth-order valence-corrected chi connectivity index (χ4v) is 3.85. The van der Waals surface area contributed by atoms with E-state index in [1.165, 1.54) is 6.92 Å². The zero-order valence-corrected chi connectivity index (χ0v) is 17.7. The van der Waals surface area contributed by atoms with Crippen LogP contribution in [0.25, 0.3) is 11.1 Å². The molecule has 0 radical (unpaired) electrons. The van der Waals surface area contributed by atoms with Crippen LogP contribution in [0.5, 0.6) is 0 Å². The minimum Gasteiger partial charge on any atom is -0.481 e. The van der Waals surface area contributed by atoms with Gasteiger partial charge in [0.15, 0.2) is 5.92 Å². The molecule has 0 spiro atoms. The Labute approximate surface area is 187 Å². The molecule has 0 saturated heterocycles. The summed E-state index contributed by atoms with van der Waals surface area (Å²) in [7, 11) is 0. The number of carboxylic acids is 1. The van der Waals surface area contributed by atoms with Crippen molar-refractivity contribution in [2.45, 2.75) is 31.5 Å². The summed E-state index contributed by atoms with van der Waals surface area (Å²) in [5.74, 6) is -5.49. The lowest BCUT2D eigenvalue weighted by atomic mass is 9.98. The van der Waals surface area contributed by atoms with Gasteiger partial charge in [0.05, 0.1) is 6.42 Å². The number of ether oxygens (including phenoxy) is 1. The standard InChI is InChI=1S/C23H23F3N2O5/c1-13(10-20(29)30)28-21(31)19(23(24,25)26)11-27-22(32)33-12-18-16-8-4-2-6-14(16)15-7-3-5-9-17(15)18/h2-9,13,18-19H,10-12H2,1H3,(H,27,32)(H,28,31)(H,29,30). The molecule has 2 amide bonds. The first kappa shape index (κ1) is 24.1. The quantitative estimate of drug-likeness (QED) is 0.553. The highest BCUT2D eigenvalue weighted by atomic mass is 19.4. The molecule has 0 heterocycles. The van der Waals surface area contributed by atoms with E-state index in [1.807, 2.05) is 59.2 Å². The number of hydrogen-bond acceptors (Lipinski definition) is 4. The molecule has 33 heavy (non-hydrogen) atoms. The number of aliphatic carboxylic acids is 1. The summed E-state index contributed by atoms with van der Waals surface area (Å²) in [6, 6.07) is 14.2. The number of hydrogen-bond donors (Lipinski definition) is 3. The highest BCUT2D eigenvalue weighted by Crippen LogP contribution is 2.44. The molecular weight excluding hydrogens is 441 g/mol. The third kappa shape index (κ3) is 5.82. The Hall–Kier alpha value is -3.56. The predicted molar refractivity (Wildman–Crippen MR) is 112 cm³/mol. The zero-order valence-electron chi connectivity index (χ0n) is 17.7. The summed E-state index contributed by atoms with van der Waals surface area (Å²) in [4.78, 5) is 34.8. The lowest BCUT2D eigenvalue weighted by Crippen LogP contribution is -2.48. The Morgan fingerprint density at radius 3 is 2.09 bits per heavy atom. The number of benzene rings is 2. The maximum absolute atomic E-state index is 13.3. The van der Waals surface area contributed by atoms with Gasteiger partial charge in [-0.3, -0.25) is 9.59 Å². The van der Waals surface area contributed by atoms with Crippen molar-refractivity contribution in [1.82, 2.24) is 10.6 Å². The van der Waals surface area contributed by atoms with Gasteiger partial charge in [0.25, 0.3) is 0 Å². The van der Waals surface area contributed by atoms with Gasteiger partial charge in [0, 0.05) is 18.5 Å². The Morgan fingerprint density at radius 1 is 1.03 bits per heavy atom. The number of carboxylic acid groups (broad SMARTS) is 1. The van der Waals surface area contributed by atoms with Crippen LogP contribution in [-0.2, 0) is 14.3 Å². The molecule has 2 aromatic carbocycles. The van der Waals surface area contributed by atoms with Crippen molar-refractivity contribution in [2.24, 2.45) is 5.92 Å². The summed E-state index contributed by atoms with van der Waals surface area (Å²) in [6.07, 6.45) is -6.56. The molecule has 2 aromatic rings. The second kappa shape index (κ2) is 9.93. The number of halogens is 3. The molecule has 0 aliphatic heterocycles. The molecule has 3 N–H and O–H groups in total. The van der Waals surface area contributed by atoms with Crippen molar-refractivity contribution in [1.29, 1.82) is 0 Å². The average Bonchev–Trinajstić information content (AvgIpc) is 3.04. The Bertz CT molecular complexity index is 995. The summed E-state index contributed by atoms with van der Waals surface area (Å²) < 4.78 is 45.2. The van der Waals surface area contributed by atoms with Crippen LogP contribution in [0, 0.1) is 5.92 Å². The van der Waals surface area contributed by atoms with Gasteiger partial charge in [-0.2, -0.15) is 13.2 Å². The number of amides is 2. The topological polar surface area (TPSA) is 105 Å². The van der Waals surface area contributed by atoms with E-state index >= 15 is 0 Å². The first-order valence-corrected chi connectivity index (χ1v) is 10.3. The van der Waals surface area contributed by atoms with Gasteiger partial charge in [-0.15, -0.1) is 0 Å². The fourth-order valence-electron chi connectivity index (χ4n) is 3.85. The Morgan fingerprint density at radius 2 is 1.58 bits per heavy atom. The third-order valence-electron chi connectivity index (χ3n) is 5.38. The van der Waals surface area contributed by atoms with Crippen LogP contribution in [0.15, 0.2) is 48.5 Å². The normalized spacial score (nSPS) is 14.5. The highest BCUT2D eigenvalue weighted by molar-refractivity contribution is 5.81. The number of alkyl halides is 3. The van der Waals surface area contributed by atoms with Crippen LogP contribution >= 0.6 is 0 Å². The summed E-state index contributed by atoms with van der Waals surface area (Å²) in [5, 5.41) is 12.7. The zero-order chi connectivity index (χ0) is 24.2. The summed E-state index contributed by atoms with van der Waals surface area (Å²) in [6.45, 7) is 0.155. The number of carbonyl (C=O) groups excluding carboxylic acids is 2. The van der Waals surface area contributed by atoms with Crippen molar-refractivity contribution >= 4 is 18.0 Å². The summed E-state index contributed by atoms with van der Waals surface area (Å²) in [5.41, 5.74) is 3.91. The van der Waals surface area contributed by atoms with E-state index in [0.29, 0.717) is 0 Å². The maximum Gasteiger partial charge on any atom is 0.407 e. The van der Waals surface area contributed by atoms with Gasteiger partial charge in [-0.1, -0.05) is 48.5 Å². The van der Waals surface area contributed by atoms with E-state index in [4.69, 9.17) is 9.84 Å². The van der Waals surface area contributed by atoms with Gasteiger partial charge < -0.3 is 20.5 Å².